The number of halogens is 1. The van der Waals surface area contributed by atoms with E-state index in [-0.39, 0.29) is 5.76 Å². The molecular weight excluding hydrogens is 338 g/mol. The van der Waals surface area contributed by atoms with Crippen molar-refractivity contribution in [1.29, 1.82) is 0 Å². The number of fused-ring (bicyclic) bond motifs is 1. The monoisotopic (exact) mass is 349 g/mol. The molecule has 0 fully saturated rings. The van der Waals surface area contributed by atoms with Crippen molar-refractivity contribution in [3.8, 4) is 0 Å². The van der Waals surface area contributed by atoms with Gasteiger partial charge < -0.3 is 14.5 Å². The number of rotatable bonds is 3. The molecule has 23 heavy (non-hydrogen) atoms. The molecular formula is C16H12ClNO4S. The molecule has 7 heteroatoms. The molecule has 0 radical (unpaired) electrons. The normalized spacial score (nSPS) is 10.7. The van der Waals surface area contributed by atoms with E-state index in [0.717, 1.165) is 5.39 Å². The van der Waals surface area contributed by atoms with E-state index in [4.69, 9.17) is 16.0 Å². The molecule has 1 N–H and O–H groups in total. The van der Waals surface area contributed by atoms with Crippen molar-refractivity contribution in [2.45, 2.75) is 6.92 Å². The quantitative estimate of drug-likeness (QED) is 0.707. The Labute approximate surface area is 140 Å². The zero-order valence-corrected chi connectivity index (χ0v) is 13.9. The van der Waals surface area contributed by atoms with Gasteiger partial charge in [0.1, 0.15) is 10.5 Å². The van der Waals surface area contributed by atoms with Gasteiger partial charge in [0.15, 0.2) is 5.76 Å². The maximum Gasteiger partial charge on any atom is 0.350 e. The highest BCUT2D eigenvalue weighted by molar-refractivity contribution is 7.12. The lowest BCUT2D eigenvalue weighted by molar-refractivity contribution is 0.0607. The molecule has 5 nitrogen and oxygen atoms in total. The Balaban J connectivity index is 1.94. The Hall–Kier alpha value is -2.31. The van der Waals surface area contributed by atoms with Crippen molar-refractivity contribution in [3.05, 3.63) is 50.9 Å². The highest BCUT2D eigenvalue weighted by Gasteiger charge is 2.21. The smallest absolute Gasteiger partial charge is 0.350 e. The second-order valence-electron chi connectivity index (χ2n) is 4.81. The second kappa shape index (κ2) is 6.06. The molecule has 2 heterocycles. The van der Waals surface area contributed by atoms with E-state index in [0.29, 0.717) is 26.7 Å². The number of hydrogen-bond donors (Lipinski definition) is 1. The SMILES string of the molecule is COC(=O)c1sccc1NC(=O)c1oc2ccc(Cl)cc2c1C. The van der Waals surface area contributed by atoms with Gasteiger partial charge in [-0.15, -0.1) is 11.3 Å². The van der Waals surface area contributed by atoms with Crippen LogP contribution < -0.4 is 5.32 Å². The Kier molecular flexibility index (Phi) is 4.11. The van der Waals surface area contributed by atoms with Gasteiger partial charge in [0.25, 0.3) is 5.91 Å². The predicted molar refractivity (Wildman–Crippen MR) is 89.6 cm³/mol. The van der Waals surface area contributed by atoms with Gasteiger partial charge in [-0.25, -0.2) is 4.79 Å². The maximum atomic E-state index is 12.5. The second-order valence-corrected chi connectivity index (χ2v) is 6.16. The minimum absolute atomic E-state index is 0.185. The number of hydrogen-bond acceptors (Lipinski definition) is 5. The van der Waals surface area contributed by atoms with Crippen LogP contribution in [0.4, 0.5) is 5.69 Å². The molecule has 3 aromatic rings. The molecule has 2 aromatic heterocycles. The number of ether oxygens (including phenoxy) is 1. The van der Waals surface area contributed by atoms with Crippen LogP contribution in [0.5, 0.6) is 0 Å². The minimum Gasteiger partial charge on any atom is -0.465 e. The number of carbonyl (C=O) groups is 2. The number of furan rings is 1. The highest BCUT2D eigenvalue weighted by Crippen LogP contribution is 2.29. The summed E-state index contributed by atoms with van der Waals surface area (Å²) in [7, 11) is 1.29. The van der Waals surface area contributed by atoms with Gasteiger partial charge in [-0.3, -0.25) is 4.79 Å². The van der Waals surface area contributed by atoms with Gasteiger partial charge >= 0.3 is 5.97 Å². The van der Waals surface area contributed by atoms with Gasteiger partial charge in [-0.2, -0.15) is 0 Å². The van der Waals surface area contributed by atoms with Gasteiger partial charge in [0.05, 0.1) is 12.8 Å². The highest BCUT2D eigenvalue weighted by atomic mass is 35.5. The number of nitrogens with one attached hydrogen (secondary N) is 1. The van der Waals surface area contributed by atoms with Gasteiger partial charge in [-0.05, 0) is 36.6 Å². The van der Waals surface area contributed by atoms with Crippen molar-refractivity contribution in [1.82, 2.24) is 0 Å². The van der Waals surface area contributed by atoms with Gasteiger partial charge in [-0.1, -0.05) is 11.6 Å². The average Bonchev–Trinajstić information content (AvgIpc) is 3.12. The minimum atomic E-state index is -0.497. The van der Waals surface area contributed by atoms with E-state index >= 15 is 0 Å². The van der Waals surface area contributed by atoms with Crippen molar-refractivity contribution in [2.24, 2.45) is 0 Å². The van der Waals surface area contributed by atoms with Crippen LogP contribution in [0.3, 0.4) is 0 Å². The number of esters is 1. The first-order valence-electron chi connectivity index (χ1n) is 6.67. The molecule has 1 aromatic carbocycles. The number of thiophene rings is 1. The molecule has 0 saturated carbocycles. The molecule has 0 aliphatic carbocycles. The summed E-state index contributed by atoms with van der Waals surface area (Å²) in [5.74, 6) is -0.744. The van der Waals surface area contributed by atoms with Crippen molar-refractivity contribution in [3.63, 3.8) is 0 Å². The number of methoxy groups -OCH3 is 1. The average molecular weight is 350 g/mol. The summed E-state index contributed by atoms with van der Waals surface area (Å²) in [6.45, 7) is 1.78. The van der Waals surface area contributed by atoms with Crippen LogP contribution in [-0.4, -0.2) is 19.0 Å². The number of carbonyl (C=O) groups excluding carboxylic acids is 2. The Bertz CT molecular complexity index is 912. The van der Waals surface area contributed by atoms with Crippen LogP contribution in [0.2, 0.25) is 5.02 Å². The Morgan fingerprint density at radius 2 is 2.09 bits per heavy atom. The molecule has 0 spiro atoms. The number of benzene rings is 1. The summed E-state index contributed by atoms with van der Waals surface area (Å²) in [5, 5.41) is 5.73. The number of anilines is 1. The fourth-order valence-electron chi connectivity index (χ4n) is 2.25. The summed E-state index contributed by atoms with van der Waals surface area (Å²) in [4.78, 5) is 24.5. The van der Waals surface area contributed by atoms with Crippen LogP contribution in [-0.2, 0) is 4.74 Å². The fraction of sp³-hybridized carbons (Fsp3) is 0.125. The summed E-state index contributed by atoms with van der Waals surface area (Å²) in [5.41, 5.74) is 1.66. The van der Waals surface area contributed by atoms with E-state index in [1.807, 2.05) is 0 Å². The van der Waals surface area contributed by atoms with Crippen LogP contribution in [0, 0.1) is 6.92 Å². The third-order valence-corrected chi connectivity index (χ3v) is 4.52. The van der Waals surface area contributed by atoms with Crippen molar-refractivity contribution >= 4 is 51.5 Å². The first-order chi connectivity index (χ1) is 11.0. The largest absolute Gasteiger partial charge is 0.465 e. The van der Waals surface area contributed by atoms with Crippen molar-refractivity contribution < 1.29 is 18.7 Å². The summed E-state index contributed by atoms with van der Waals surface area (Å²) >= 11 is 7.17. The first-order valence-corrected chi connectivity index (χ1v) is 7.93. The summed E-state index contributed by atoms with van der Waals surface area (Å²) in [6, 6.07) is 6.80. The zero-order valence-electron chi connectivity index (χ0n) is 12.3. The Morgan fingerprint density at radius 3 is 2.83 bits per heavy atom. The van der Waals surface area contributed by atoms with Crippen LogP contribution in [0.1, 0.15) is 25.8 Å². The predicted octanol–water partition coefficient (Wildman–Crippen LogP) is 4.50. The fourth-order valence-corrected chi connectivity index (χ4v) is 3.19. The topological polar surface area (TPSA) is 68.5 Å². The summed E-state index contributed by atoms with van der Waals surface area (Å²) < 4.78 is 10.3. The molecule has 118 valence electrons. The zero-order chi connectivity index (χ0) is 16.6. The lowest BCUT2D eigenvalue weighted by Gasteiger charge is -2.04. The molecule has 0 atom stereocenters. The lowest BCUT2D eigenvalue weighted by atomic mass is 10.1. The molecule has 0 saturated heterocycles. The van der Waals surface area contributed by atoms with Crippen molar-refractivity contribution in [2.75, 3.05) is 12.4 Å². The molecule has 0 aliphatic heterocycles. The number of amides is 1. The van der Waals surface area contributed by atoms with Crippen LogP contribution in [0.15, 0.2) is 34.1 Å². The lowest BCUT2D eigenvalue weighted by Crippen LogP contribution is -2.14. The standard InChI is InChI=1S/C16H12ClNO4S/c1-8-10-7-9(17)3-4-12(10)22-13(8)15(19)18-11-5-6-23-14(11)16(20)21-2/h3-7H,1-2H3,(H,18,19). The number of aryl methyl sites for hydroxylation is 1. The van der Waals surface area contributed by atoms with E-state index in [1.54, 1.807) is 36.6 Å². The van der Waals surface area contributed by atoms with E-state index < -0.39 is 11.9 Å². The molecule has 0 aliphatic rings. The van der Waals surface area contributed by atoms with E-state index in [1.165, 1.54) is 18.4 Å². The van der Waals surface area contributed by atoms with E-state index in [9.17, 15) is 9.59 Å². The third kappa shape index (κ3) is 2.83. The molecule has 3 rings (SSSR count). The first kappa shape index (κ1) is 15.6. The van der Waals surface area contributed by atoms with Crippen LogP contribution in [0.25, 0.3) is 11.0 Å². The molecule has 0 bridgehead atoms. The molecule has 0 unspecified atom stereocenters. The summed E-state index contributed by atoms with van der Waals surface area (Å²) in [6.07, 6.45) is 0. The van der Waals surface area contributed by atoms with Crippen LogP contribution >= 0.6 is 22.9 Å². The van der Waals surface area contributed by atoms with Gasteiger partial charge in [0, 0.05) is 16.0 Å². The molecule has 1 amide bonds. The van der Waals surface area contributed by atoms with E-state index in [2.05, 4.69) is 10.1 Å². The Morgan fingerprint density at radius 1 is 1.30 bits per heavy atom. The third-order valence-electron chi connectivity index (χ3n) is 3.39. The maximum absolute atomic E-state index is 12.5. The van der Waals surface area contributed by atoms with Gasteiger partial charge in [0.2, 0.25) is 0 Å².